The molecule has 144 valence electrons. The van der Waals surface area contributed by atoms with E-state index in [4.69, 9.17) is 4.74 Å². The minimum absolute atomic E-state index is 0.0933. The summed E-state index contributed by atoms with van der Waals surface area (Å²) in [5.74, 6) is -2.36. The van der Waals surface area contributed by atoms with Crippen LogP contribution in [0.15, 0.2) is 29.2 Å². The highest BCUT2D eigenvalue weighted by Crippen LogP contribution is 2.25. The van der Waals surface area contributed by atoms with Crippen molar-refractivity contribution < 1.29 is 27.9 Å². The average molecular weight is 383 g/mol. The van der Waals surface area contributed by atoms with Crippen LogP contribution in [0.1, 0.15) is 26.7 Å². The zero-order chi connectivity index (χ0) is 19.5. The van der Waals surface area contributed by atoms with Crippen LogP contribution in [0.3, 0.4) is 0 Å². The number of piperidine rings is 1. The molecule has 0 spiro atoms. The van der Waals surface area contributed by atoms with Crippen molar-refractivity contribution in [3.05, 3.63) is 24.3 Å². The largest absolute Gasteiger partial charge is 0.497 e. The first-order valence-electron chi connectivity index (χ1n) is 8.55. The lowest BCUT2D eigenvalue weighted by Gasteiger charge is -2.38. The Morgan fingerprint density at radius 1 is 1.27 bits per heavy atom. The first-order chi connectivity index (χ1) is 12.2. The van der Waals surface area contributed by atoms with Crippen molar-refractivity contribution >= 4 is 21.7 Å². The minimum Gasteiger partial charge on any atom is -0.497 e. The highest BCUT2D eigenvalue weighted by Gasteiger charge is 2.35. The lowest BCUT2D eigenvalue weighted by Crippen LogP contribution is -2.49. The predicted octanol–water partition coefficient (Wildman–Crippen LogP) is 1.82. The number of carbonyl (C=O) groups excluding carboxylic acids is 1. The summed E-state index contributed by atoms with van der Waals surface area (Å²) in [6.07, 6.45) is 1.12. The molecule has 0 bridgehead atoms. The number of carboxylic acid groups (broad SMARTS) is 1. The molecule has 1 N–H and O–H groups in total. The number of ether oxygens (including phenoxy) is 1. The van der Waals surface area contributed by atoms with E-state index in [9.17, 15) is 23.1 Å². The van der Waals surface area contributed by atoms with Crippen molar-refractivity contribution in [2.45, 2.75) is 37.6 Å². The van der Waals surface area contributed by atoms with Gasteiger partial charge in [0.2, 0.25) is 5.91 Å². The maximum absolute atomic E-state index is 12.7. The van der Waals surface area contributed by atoms with Crippen LogP contribution in [0, 0.1) is 11.8 Å². The normalized spacial score (nSPS) is 21.9. The van der Waals surface area contributed by atoms with Gasteiger partial charge in [-0.1, -0.05) is 6.92 Å². The van der Waals surface area contributed by atoms with Crippen LogP contribution in [0.2, 0.25) is 0 Å². The number of aliphatic carboxylic acids is 1. The molecular weight excluding hydrogens is 358 g/mol. The summed E-state index contributed by atoms with van der Waals surface area (Å²) in [7, 11) is -2.14. The Balaban J connectivity index is 2.10. The summed E-state index contributed by atoms with van der Waals surface area (Å²) >= 11 is 0. The molecule has 1 aromatic rings. The topological polar surface area (TPSA) is 101 Å². The summed E-state index contributed by atoms with van der Waals surface area (Å²) in [5, 5.41) is 9.20. The third-order valence-corrected chi connectivity index (χ3v) is 6.75. The van der Waals surface area contributed by atoms with Crippen LogP contribution in [-0.2, 0) is 19.4 Å². The molecular formula is C18H25NO6S. The summed E-state index contributed by atoms with van der Waals surface area (Å²) in [6, 6.07) is 5.93. The molecule has 1 saturated heterocycles. The maximum atomic E-state index is 12.7. The van der Waals surface area contributed by atoms with Crippen LogP contribution < -0.4 is 4.74 Å². The molecule has 0 aromatic heterocycles. The molecule has 26 heavy (non-hydrogen) atoms. The lowest BCUT2D eigenvalue weighted by molar-refractivity contribution is -0.148. The van der Waals surface area contributed by atoms with E-state index in [1.807, 2.05) is 6.92 Å². The summed E-state index contributed by atoms with van der Waals surface area (Å²) < 4.78 is 30.2. The van der Waals surface area contributed by atoms with Gasteiger partial charge in [0.1, 0.15) is 5.75 Å². The third kappa shape index (κ3) is 4.55. The third-order valence-electron chi connectivity index (χ3n) is 4.82. The number of carboxylic acids is 1. The maximum Gasteiger partial charge on any atom is 0.308 e. The Hall–Kier alpha value is -2.09. The van der Waals surface area contributed by atoms with Crippen molar-refractivity contribution in [1.29, 1.82) is 0 Å². The number of nitrogens with zero attached hydrogens (tertiary/aromatic N) is 1. The number of hydrogen-bond acceptors (Lipinski definition) is 5. The number of rotatable bonds is 6. The SMILES string of the molecule is COc1ccc(S(=O)(=O)CC(C)C(=O)N2CC(C(=O)O)CCC2C)cc1. The molecule has 1 fully saturated rings. The number of amides is 1. The Kier molecular flexibility index (Phi) is 6.28. The highest BCUT2D eigenvalue weighted by atomic mass is 32.2. The molecule has 1 aliphatic rings. The van der Waals surface area contributed by atoms with Gasteiger partial charge in [-0.15, -0.1) is 0 Å². The molecule has 0 saturated carbocycles. The van der Waals surface area contributed by atoms with Gasteiger partial charge in [0.15, 0.2) is 9.84 Å². The van der Waals surface area contributed by atoms with Gasteiger partial charge < -0.3 is 14.7 Å². The Morgan fingerprint density at radius 3 is 2.42 bits per heavy atom. The number of methoxy groups -OCH3 is 1. The second kappa shape index (κ2) is 8.07. The van der Waals surface area contributed by atoms with Crippen LogP contribution >= 0.6 is 0 Å². The molecule has 0 radical (unpaired) electrons. The van der Waals surface area contributed by atoms with Gasteiger partial charge >= 0.3 is 5.97 Å². The van der Waals surface area contributed by atoms with E-state index in [0.717, 1.165) is 0 Å². The van der Waals surface area contributed by atoms with E-state index in [1.165, 1.54) is 24.1 Å². The van der Waals surface area contributed by atoms with E-state index in [-0.39, 0.29) is 29.1 Å². The molecule has 3 unspecified atom stereocenters. The highest BCUT2D eigenvalue weighted by molar-refractivity contribution is 7.91. The van der Waals surface area contributed by atoms with Crippen molar-refractivity contribution in [1.82, 2.24) is 4.90 Å². The molecule has 7 nitrogen and oxygen atoms in total. The molecule has 3 atom stereocenters. The second-order valence-corrected chi connectivity index (χ2v) is 8.84. The standard InChI is InChI=1S/C18H25NO6S/c1-12(11-26(23,24)16-8-6-15(25-3)7-9-16)17(20)19-10-14(18(21)22)5-4-13(19)2/h6-9,12-14H,4-5,10-11H2,1-3H3,(H,21,22). The van der Waals surface area contributed by atoms with Crippen molar-refractivity contribution in [2.24, 2.45) is 11.8 Å². The quantitative estimate of drug-likeness (QED) is 0.804. The number of likely N-dealkylation sites (tertiary alicyclic amines) is 1. The van der Waals surface area contributed by atoms with Gasteiger partial charge in [0.05, 0.1) is 23.7 Å². The van der Waals surface area contributed by atoms with Crippen molar-refractivity contribution in [3.8, 4) is 5.75 Å². The zero-order valence-electron chi connectivity index (χ0n) is 15.2. The fourth-order valence-electron chi connectivity index (χ4n) is 3.18. The van der Waals surface area contributed by atoms with Gasteiger partial charge in [-0.2, -0.15) is 0 Å². The lowest BCUT2D eigenvalue weighted by atomic mass is 9.92. The fourth-order valence-corrected chi connectivity index (χ4v) is 4.72. The molecule has 0 aliphatic carbocycles. The van der Waals surface area contributed by atoms with Crippen LogP contribution in [0.25, 0.3) is 0 Å². The van der Waals surface area contributed by atoms with Crippen LogP contribution in [0.4, 0.5) is 0 Å². The zero-order valence-corrected chi connectivity index (χ0v) is 16.0. The first kappa shape index (κ1) is 20.2. The van der Waals surface area contributed by atoms with Gasteiger partial charge in [-0.05, 0) is 44.0 Å². The molecule has 1 aliphatic heterocycles. The van der Waals surface area contributed by atoms with E-state index in [2.05, 4.69) is 0 Å². The monoisotopic (exact) mass is 383 g/mol. The molecule has 1 aromatic carbocycles. The van der Waals surface area contributed by atoms with Crippen molar-refractivity contribution in [2.75, 3.05) is 19.4 Å². The van der Waals surface area contributed by atoms with Gasteiger partial charge in [-0.25, -0.2) is 8.42 Å². The Bertz CT molecular complexity index is 758. The number of sulfone groups is 1. The minimum atomic E-state index is -3.63. The number of hydrogen-bond donors (Lipinski definition) is 1. The van der Waals surface area contributed by atoms with Crippen molar-refractivity contribution in [3.63, 3.8) is 0 Å². The van der Waals surface area contributed by atoms with Crippen LogP contribution in [-0.4, -0.2) is 55.7 Å². The van der Waals surface area contributed by atoms with Gasteiger partial charge in [-0.3, -0.25) is 9.59 Å². The number of benzene rings is 1. The van der Waals surface area contributed by atoms with E-state index in [1.54, 1.807) is 19.1 Å². The fraction of sp³-hybridized carbons (Fsp3) is 0.556. The summed E-state index contributed by atoms with van der Waals surface area (Å²) in [6.45, 7) is 3.56. The molecule has 1 heterocycles. The average Bonchev–Trinajstić information content (AvgIpc) is 2.61. The van der Waals surface area contributed by atoms with E-state index < -0.39 is 27.6 Å². The second-order valence-electron chi connectivity index (χ2n) is 6.81. The molecule has 1 amide bonds. The molecule has 8 heteroatoms. The molecule has 2 rings (SSSR count). The first-order valence-corrected chi connectivity index (χ1v) is 10.2. The van der Waals surface area contributed by atoms with Crippen LogP contribution in [0.5, 0.6) is 5.75 Å². The Labute approximate surface area is 153 Å². The Morgan fingerprint density at radius 2 is 1.88 bits per heavy atom. The van der Waals surface area contributed by atoms with Gasteiger partial charge in [0.25, 0.3) is 0 Å². The van der Waals surface area contributed by atoms with E-state index >= 15 is 0 Å². The number of carbonyl (C=O) groups is 2. The van der Waals surface area contributed by atoms with Gasteiger partial charge in [0, 0.05) is 18.5 Å². The summed E-state index contributed by atoms with van der Waals surface area (Å²) in [5.41, 5.74) is 0. The smallest absolute Gasteiger partial charge is 0.308 e. The predicted molar refractivity (Wildman–Crippen MR) is 95.7 cm³/mol. The summed E-state index contributed by atoms with van der Waals surface area (Å²) in [4.78, 5) is 25.6. The van der Waals surface area contributed by atoms with E-state index in [0.29, 0.717) is 18.6 Å².